The van der Waals surface area contributed by atoms with Gasteiger partial charge >= 0.3 is 23.9 Å². The first kappa shape index (κ1) is 40.3. The van der Waals surface area contributed by atoms with Gasteiger partial charge in [0.25, 0.3) is 11.3 Å². The molecule has 0 aromatic heterocycles. The van der Waals surface area contributed by atoms with Crippen molar-refractivity contribution < 1.29 is 124 Å². The van der Waals surface area contributed by atoms with Crippen LogP contribution in [0.4, 0.5) is 0 Å². The van der Waals surface area contributed by atoms with E-state index in [9.17, 15) is 38.4 Å². The summed E-state index contributed by atoms with van der Waals surface area (Å²) in [6.07, 6.45) is 0. The van der Waals surface area contributed by atoms with E-state index in [1.165, 1.54) is 6.92 Å². The van der Waals surface area contributed by atoms with Gasteiger partial charge in [-0.25, -0.2) is 9.59 Å². The van der Waals surface area contributed by atoms with Crippen LogP contribution in [0.1, 0.15) is 13.8 Å². The molecule has 0 aromatic carbocycles. The molecular weight excluding hydrogens is 594 g/mol. The van der Waals surface area contributed by atoms with Gasteiger partial charge in [0, 0.05) is 72.0 Å². The van der Waals surface area contributed by atoms with E-state index in [4.69, 9.17) is 37.6 Å². The van der Waals surface area contributed by atoms with E-state index in [0.29, 0.717) is 0 Å². The third-order valence-electron chi connectivity index (χ3n) is 2.98. The molecule has 16 nitrogen and oxygen atoms in total. The second-order valence-electron chi connectivity index (χ2n) is 4.57. The van der Waals surface area contributed by atoms with Gasteiger partial charge in [-0.3, -0.25) is 14.4 Å². The standard InChI is InChI=1S/C7H10N2O6.C5H6N2O6.C2H5.2Y/c1-2-9-4(11)7(3(8)10,5(12)13)6(14)15;6-1(8)5(2(7)9,3(10)11)4(12)13;1-2;;/h2H2,1H3,(H5,8,9,10,11,12,13,14,15);(H6,6,7,8,9,10,11,12,13);1H2,2H3;;/q;;-1;;/p-3. The number of aliphatic carboxylic acids is 4. The Hall–Kier alpha value is -2.03. The van der Waals surface area contributed by atoms with Gasteiger partial charge in [0.1, 0.15) is 0 Å². The number of rotatable bonds is 9. The van der Waals surface area contributed by atoms with Crippen LogP contribution in [0.25, 0.3) is 17.2 Å². The minimum Gasteiger partial charge on any atom is -0.666 e. The van der Waals surface area contributed by atoms with Crippen molar-refractivity contribution in [1.82, 2.24) is 5.32 Å². The van der Waals surface area contributed by atoms with Gasteiger partial charge < -0.3 is 64.3 Å². The predicted octanol–water partition coefficient (Wildman–Crippen LogP) is -1.01. The first-order chi connectivity index (χ1) is 13.6. The molecule has 0 bridgehead atoms. The maximum Gasteiger partial charge on any atom is 0.336 e. The molecule has 0 aromatic rings. The van der Waals surface area contributed by atoms with Gasteiger partial charge in [0.05, 0.1) is 17.7 Å². The largest absolute Gasteiger partial charge is 0.666 e. The van der Waals surface area contributed by atoms with Crippen molar-refractivity contribution in [2.45, 2.75) is 13.8 Å². The zero-order chi connectivity index (χ0) is 25.0. The van der Waals surface area contributed by atoms with E-state index in [-0.39, 0.29) is 72.0 Å². The number of hydrogen-bond acceptors (Lipinski definition) is 8. The van der Waals surface area contributed by atoms with E-state index >= 15 is 0 Å². The monoisotopic (exact) mass is 612 g/mol. The topological polar surface area (TPSA) is 301 Å². The van der Waals surface area contributed by atoms with E-state index in [1.54, 1.807) is 6.92 Å². The van der Waals surface area contributed by atoms with E-state index in [0.717, 1.165) is 0 Å². The third kappa shape index (κ3) is 8.48. The van der Waals surface area contributed by atoms with Crippen molar-refractivity contribution in [2.75, 3.05) is 6.54 Å². The number of carbonyl (C=O) groups is 8. The molecule has 0 aliphatic rings. The van der Waals surface area contributed by atoms with Gasteiger partial charge in [-0.05, 0) is 6.92 Å². The average molecular weight is 612 g/mol. The molecule has 0 fully saturated rings. The number of carbonyl (C=O) groups excluding carboxylic acids is 4. The SMILES string of the molecule is CCNC(=O)C(C([NH-])=O)(C(=O)O)C(=O)O.[CH2-]C.[NH-]C(=O)C(C([NH-])=O)(C(=O)O)C(=O)O.[Y].[Y]. The molecule has 176 valence electrons. The predicted molar refractivity (Wildman–Crippen MR) is 93.1 cm³/mol. The Kier molecular flexibility index (Phi) is 22.1. The van der Waals surface area contributed by atoms with Gasteiger partial charge in [0.2, 0.25) is 5.41 Å². The van der Waals surface area contributed by atoms with Crippen LogP contribution in [0.5, 0.6) is 0 Å². The molecule has 0 heterocycles. The molecule has 32 heavy (non-hydrogen) atoms. The van der Waals surface area contributed by atoms with Gasteiger partial charge in [-0.1, -0.05) is 0 Å². The van der Waals surface area contributed by atoms with Crippen LogP contribution in [0.15, 0.2) is 0 Å². The summed E-state index contributed by atoms with van der Waals surface area (Å²) in [5.74, 6) is -16.8. The quantitative estimate of drug-likeness (QED) is 0.155. The van der Waals surface area contributed by atoms with Crippen LogP contribution in [0, 0.1) is 17.8 Å². The maximum atomic E-state index is 11.2. The van der Waals surface area contributed by atoms with Crippen molar-refractivity contribution in [3.63, 3.8) is 0 Å². The van der Waals surface area contributed by atoms with Gasteiger partial charge in [0.15, 0.2) is 0 Å². The number of carboxylic acids is 4. The number of nitrogens with one attached hydrogen (secondary N) is 4. The number of hydrogen-bond donors (Lipinski definition) is 5. The molecule has 8 N–H and O–H groups in total. The van der Waals surface area contributed by atoms with Crippen molar-refractivity contribution >= 4 is 47.5 Å². The first-order valence-corrected chi connectivity index (χ1v) is 7.30. The zero-order valence-electron chi connectivity index (χ0n) is 16.6. The zero-order valence-corrected chi connectivity index (χ0v) is 22.3. The molecule has 0 aliphatic heterocycles. The molecule has 0 unspecified atom stereocenters. The van der Waals surface area contributed by atoms with Crippen molar-refractivity contribution in [1.29, 1.82) is 0 Å². The summed E-state index contributed by atoms with van der Waals surface area (Å²) in [5.41, 5.74) is 12.3. The minimum atomic E-state index is -3.61. The van der Waals surface area contributed by atoms with Crippen LogP contribution in [0.2, 0.25) is 0 Å². The normalized spacial score (nSPS) is 9.34. The molecular formula is C14H18N4O12Y2-4. The Bertz CT molecular complexity index is 658. The van der Waals surface area contributed by atoms with Crippen LogP contribution in [-0.4, -0.2) is 74.5 Å². The maximum absolute atomic E-state index is 11.2. The average Bonchev–Trinajstić information content (AvgIpc) is 2.55. The van der Waals surface area contributed by atoms with Crippen molar-refractivity contribution in [2.24, 2.45) is 10.8 Å². The molecule has 0 saturated heterocycles. The second kappa shape index (κ2) is 17.5. The van der Waals surface area contributed by atoms with Crippen molar-refractivity contribution in [3.05, 3.63) is 24.1 Å². The fourth-order valence-corrected chi connectivity index (χ4v) is 1.46. The molecule has 0 atom stereocenters. The summed E-state index contributed by atoms with van der Waals surface area (Å²) < 4.78 is 0. The Morgan fingerprint density at radius 2 is 0.875 bits per heavy atom. The summed E-state index contributed by atoms with van der Waals surface area (Å²) in [6.45, 7) is 6.37. The van der Waals surface area contributed by atoms with Crippen LogP contribution in [0.3, 0.4) is 0 Å². The van der Waals surface area contributed by atoms with Crippen LogP contribution in [-0.2, 0) is 104 Å². The van der Waals surface area contributed by atoms with Crippen LogP contribution >= 0.6 is 0 Å². The summed E-state index contributed by atoms with van der Waals surface area (Å²) in [4.78, 5) is 84.4. The van der Waals surface area contributed by atoms with Crippen molar-refractivity contribution in [3.8, 4) is 0 Å². The smallest absolute Gasteiger partial charge is 0.336 e. The summed E-state index contributed by atoms with van der Waals surface area (Å²) in [5, 5.41) is 35.6. The molecule has 0 spiro atoms. The molecule has 2 radical (unpaired) electrons. The first-order valence-electron chi connectivity index (χ1n) is 7.30. The molecule has 4 amide bonds. The third-order valence-corrected chi connectivity index (χ3v) is 2.98. The Morgan fingerprint density at radius 1 is 0.656 bits per heavy atom. The molecule has 18 heteroatoms. The van der Waals surface area contributed by atoms with E-state index in [1.807, 2.05) is 5.32 Å². The Balaban J connectivity index is -0.000000134. The molecule has 0 rings (SSSR count). The Labute approximate surface area is 230 Å². The molecule has 0 saturated carbocycles. The fourth-order valence-electron chi connectivity index (χ4n) is 1.46. The van der Waals surface area contributed by atoms with Crippen LogP contribution < -0.4 is 5.32 Å². The minimum absolute atomic E-state index is 0. The fraction of sp³-hybridized carbons (Fsp3) is 0.357. The van der Waals surface area contributed by atoms with Gasteiger partial charge in [-0.15, -0.1) is 0 Å². The van der Waals surface area contributed by atoms with E-state index < -0.39 is 58.3 Å². The second-order valence-corrected chi connectivity index (χ2v) is 4.57. The number of carboxylic acid groups (broad SMARTS) is 4. The van der Waals surface area contributed by atoms with E-state index in [2.05, 4.69) is 6.92 Å². The molecule has 0 aliphatic carbocycles. The summed E-state index contributed by atoms with van der Waals surface area (Å²) >= 11 is 0. The summed E-state index contributed by atoms with van der Waals surface area (Å²) in [7, 11) is 0. The summed E-state index contributed by atoms with van der Waals surface area (Å²) in [6, 6.07) is 0. The van der Waals surface area contributed by atoms with Gasteiger partial charge in [-0.2, -0.15) is 6.92 Å². The number of amides is 4. The Morgan fingerprint density at radius 3 is 0.969 bits per heavy atom.